The molecule has 0 radical (unpaired) electrons. The second-order valence-electron chi connectivity index (χ2n) is 3.97. The van der Waals surface area contributed by atoms with Crippen molar-refractivity contribution in [1.82, 2.24) is 4.98 Å². The topological polar surface area (TPSA) is 56.9 Å². The van der Waals surface area contributed by atoms with Crippen molar-refractivity contribution >= 4 is 11.8 Å². The highest BCUT2D eigenvalue weighted by Gasteiger charge is 2.10. The molecule has 0 bridgehead atoms. The Labute approximate surface area is 101 Å². The van der Waals surface area contributed by atoms with E-state index in [9.17, 15) is 0 Å². The largest absolute Gasteiger partial charge is 0.396 e. The van der Waals surface area contributed by atoms with E-state index in [-0.39, 0.29) is 12.5 Å². The van der Waals surface area contributed by atoms with Crippen molar-refractivity contribution in [2.75, 3.05) is 12.4 Å². The van der Waals surface area contributed by atoms with E-state index in [1.807, 2.05) is 26.8 Å². The van der Waals surface area contributed by atoms with Crippen LogP contribution in [0.1, 0.15) is 23.7 Å². The Morgan fingerprint density at radius 2 is 2.25 bits per heavy atom. The molecule has 0 aliphatic heterocycles. The maximum Gasteiger partial charge on any atom is 0.114 e. The van der Waals surface area contributed by atoms with Crippen LogP contribution in [0.25, 0.3) is 0 Å². The first-order valence-electron chi connectivity index (χ1n) is 5.20. The van der Waals surface area contributed by atoms with Crippen molar-refractivity contribution in [1.29, 1.82) is 5.26 Å². The lowest BCUT2D eigenvalue weighted by Crippen LogP contribution is -2.04. The number of aryl methyl sites for hydroxylation is 2. The van der Waals surface area contributed by atoms with E-state index in [2.05, 4.69) is 11.1 Å². The summed E-state index contributed by atoms with van der Waals surface area (Å²) in [6.07, 6.45) is 0. The number of thioether (sulfide) groups is 1. The Morgan fingerprint density at radius 1 is 1.56 bits per heavy atom. The normalized spacial score (nSPS) is 12.2. The molecular weight excluding hydrogens is 220 g/mol. The predicted octanol–water partition coefficient (Wildman–Crippen LogP) is 2.29. The first-order valence-corrected chi connectivity index (χ1v) is 6.19. The molecule has 0 saturated carbocycles. The van der Waals surface area contributed by atoms with Crippen LogP contribution in [0.4, 0.5) is 0 Å². The van der Waals surface area contributed by atoms with Crippen molar-refractivity contribution in [2.45, 2.75) is 25.8 Å². The fourth-order valence-electron chi connectivity index (χ4n) is 1.32. The average molecular weight is 236 g/mol. The van der Waals surface area contributed by atoms with Gasteiger partial charge in [-0.3, -0.25) is 0 Å². The monoisotopic (exact) mass is 236 g/mol. The second kappa shape index (κ2) is 5.88. The van der Waals surface area contributed by atoms with Gasteiger partial charge in [0.25, 0.3) is 0 Å². The molecule has 86 valence electrons. The van der Waals surface area contributed by atoms with Gasteiger partial charge in [-0.2, -0.15) is 5.26 Å². The molecule has 1 unspecified atom stereocenters. The van der Waals surface area contributed by atoms with E-state index in [4.69, 9.17) is 10.4 Å². The summed E-state index contributed by atoms with van der Waals surface area (Å²) in [7, 11) is 0. The summed E-state index contributed by atoms with van der Waals surface area (Å²) in [5.74, 6) is 1.00. The number of aliphatic hydroxyl groups excluding tert-OH is 1. The van der Waals surface area contributed by atoms with Crippen molar-refractivity contribution in [3.05, 3.63) is 22.9 Å². The van der Waals surface area contributed by atoms with Gasteiger partial charge in [-0.1, -0.05) is 6.92 Å². The molecule has 0 aromatic carbocycles. The fraction of sp³-hybridized carbons (Fsp3) is 0.500. The fourth-order valence-corrected chi connectivity index (χ4v) is 2.42. The zero-order valence-corrected chi connectivity index (χ0v) is 10.6. The molecule has 0 spiro atoms. The van der Waals surface area contributed by atoms with Crippen LogP contribution in [0.15, 0.2) is 11.1 Å². The van der Waals surface area contributed by atoms with E-state index in [0.717, 1.165) is 22.0 Å². The van der Waals surface area contributed by atoms with Gasteiger partial charge in [0.15, 0.2) is 0 Å². The second-order valence-corrected chi connectivity index (χ2v) is 4.98. The molecule has 1 rings (SSSR count). The highest BCUT2D eigenvalue weighted by Crippen LogP contribution is 2.25. The van der Waals surface area contributed by atoms with Crippen LogP contribution < -0.4 is 0 Å². The Kier molecular flexibility index (Phi) is 4.78. The van der Waals surface area contributed by atoms with E-state index in [1.165, 1.54) is 11.8 Å². The minimum absolute atomic E-state index is 0.166. The molecule has 0 aliphatic carbocycles. The minimum Gasteiger partial charge on any atom is -0.396 e. The SMILES string of the molecule is Cc1cc(C)c(C#N)c(SCC(C)CO)n1. The van der Waals surface area contributed by atoms with Crippen molar-refractivity contribution < 1.29 is 5.11 Å². The lowest BCUT2D eigenvalue weighted by molar-refractivity contribution is 0.250. The number of aliphatic hydroxyl groups is 1. The number of rotatable bonds is 4. The molecule has 16 heavy (non-hydrogen) atoms. The van der Waals surface area contributed by atoms with Crippen molar-refractivity contribution in [3.8, 4) is 6.07 Å². The summed E-state index contributed by atoms with van der Waals surface area (Å²) in [6, 6.07) is 4.10. The molecule has 0 fully saturated rings. The Hall–Kier alpha value is -1.05. The minimum atomic E-state index is 0.166. The van der Waals surface area contributed by atoms with Crippen LogP contribution in [0, 0.1) is 31.1 Å². The van der Waals surface area contributed by atoms with E-state index in [0.29, 0.717) is 5.56 Å². The molecule has 0 aliphatic rings. The van der Waals surface area contributed by atoms with Crippen LogP contribution in [0.2, 0.25) is 0 Å². The molecule has 3 nitrogen and oxygen atoms in total. The Balaban J connectivity index is 2.91. The summed E-state index contributed by atoms with van der Waals surface area (Å²) in [6.45, 7) is 5.99. The lowest BCUT2D eigenvalue weighted by atomic mass is 10.1. The predicted molar refractivity (Wildman–Crippen MR) is 65.4 cm³/mol. The number of aromatic nitrogens is 1. The zero-order chi connectivity index (χ0) is 12.1. The molecule has 0 amide bonds. The third-order valence-electron chi connectivity index (χ3n) is 2.24. The summed E-state index contributed by atoms with van der Waals surface area (Å²) in [4.78, 5) is 4.37. The molecule has 0 saturated heterocycles. The highest BCUT2D eigenvalue weighted by atomic mass is 32.2. The zero-order valence-electron chi connectivity index (χ0n) is 9.82. The highest BCUT2D eigenvalue weighted by molar-refractivity contribution is 7.99. The van der Waals surface area contributed by atoms with Gasteiger partial charge in [-0.25, -0.2) is 4.98 Å². The molecule has 4 heteroatoms. The first kappa shape index (κ1) is 13.0. The molecular formula is C12H16N2OS. The van der Waals surface area contributed by atoms with Crippen LogP contribution in [0.5, 0.6) is 0 Å². The number of hydrogen-bond donors (Lipinski definition) is 1. The molecule has 1 heterocycles. The number of hydrogen-bond acceptors (Lipinski definition) is 4. The maximum absolute atomic E-state index is 9.06. The lowest BCUT2D eigenvalue weighted by Gasteiger charge is -2.09. The molecule has 1 N–H and O–H groups in total. The van der Waals surface area contributed by atoms with Gasteiger partial charge < -0.3 is 5.11 Å². The third kappa shape index (κ3) is 3.22. The summed E-state index contributed by atoms with van der Waals surface area (Å²) < 4.78 is 0. The van der Waals surface area contributed by atoms with E-state index >= 15 is 0 Å². The molecule has 1 aromatic heterocycles. The van der Waals surface area contributed by atoms with Gasteiger partial charge in [0, 0.05) is 18.1 Å². The summed E-state index contributed by atoms with van der Waals surface area (Å²) >= 11 is 1.54. The van der Waals surface area contributed by atoms with Crippen LogP contribution in [-0.4, -0.2) is 22.5 Å². The third-order valence-corrected chi connectivity index (χ3v) is 3.54. The summed E-state index contributed by atoms with van der Waals surface area (Å²) in [5.41, 5.74) is 2.55. The van der Waals surface area contributed by atoms with Gasteiger partial charge in [0.05, 0.1) is 5.56 Å². The summed E-state index contributed by atoms with van der Waals surface area (Å²) in [5, 5.41) is 18.8. The molecule has 1 aromatic rings. The number of nitrogens with zero attached hydrogens (tertiary/aromatic N) is 2. The van der Waals surface area contributed by atoms with Gasteiger partial charge >= 0.3 is 0 Å². The van der Waals surface area contributed by atoms with Crippen molar-refractivity contribution in [2.24, 2.45) is 5.92 Å². The van der Waals surface area contributed by atoms with E-state index < -0.39 is 0 Å². The number of pyridine rings is 1. The Morgan fingerprint density at radius 3 is 2.81 bits per heavy atom. The van der Waals surface area contributed by atoms with Gasteiger partial charge in [0.1, 0.15) is 11.1 Å². The smallest absolute Gasteiger partial charge is 0.114 e. The first-order chi connectivity index (χ1) is 7.58. The van der Waals surface area contributed by atoms with Crippen LogP contribution in [0.3, 0.4) is 0 Å². The Bertz CT molecular complexity index is 412. The van der Waals surface area contributed by atoms with Crippen LogP contribution >= 0.6 is 11.8 Å². The van der Waals surface area contributed by atoms with Crippen molar-refractivity contribution in [3.63, 3.8) is 0 Å². The number of nitriles is 1. The standard InChI is InChI=1S/C12H16N2OS/c1-8(6-15)7-16-12-11(5-13)9(2)4-10(3)14-12/h4,8,15H,6-7H2,1-3H3. The maximum atomic E-state index is 9.06. The van der Waals surface area contributed by atoms with Gasteiger partial charge in [0.2, 0.25) is 0 Å². The van der Waals surface area contributed by atoms with Gasteiger partial charge in [-0.15, -0.1) is 11.8 Å². The molecule has 1 atom stereocenters. The van der Waals surface area contributed by atoms with Crippen LogP contribution in [-0.2, 0) is 0 Å². The van der Waals surface area contributed by atoms with Gasteiger partial charge in [-0.05, 0) is 31.4 Å². The van der Waals surface area contributed by atoms with E-state index in [1.54, 1.807) is 0 Å². The quantitative estimate of drug-likeness (QED) is 0.815. The average Bonchev–Trinajstić information content (AvgIpc) is 2.25.